The van der Waals surface area contributed by atoms with Gasteiger partial charge in [0.1, 0.15) is 5.82 Å². The molecule has 1 amide bonds. The number of aliphatic hydroxyl groups excluding tert-OH is 1. The number of halogens is 2. The zero-order valence-electron chi connectivity index (χ0n) is 19.6. The number of fused-ring (bicyclic) bond motifs is 1. The SMILES string of the molecule is Cc1cn2nc([C@@H]3CCCCN3C(=O)c3ccc(C)c(F)c3F)cc2nc1N1C[C@@H](C#N)[C@@H](O)C1. The Morgan fingerprint density at radius 2 is 1.97 bits per heavy atom. The lowest BCUT2D eigenvalue weighted by atomic mass is 9.98. The summed E-state index contributed by atoms with van der Waals surface area (Å²) in [6.45, 7) is 4.49. The fraction of sp³-hybridized carbons (Fsp3) is 0.440. The number of nitriles is 1. The predicted octanol–water partition coefficient (Wildman–Crippen LogP) is 3.31. The Morgan fingerprint density at radius 1 is 1.17 bits per heavy atom. The van der Waals surface area contributed by atoms with E-state index in [1.54, 1.807) is 15.5 Å². The monoisotopic (exact) mass is 480 g/mol. The largest absolute Gasteiger partial charge is 0.390 e. The number of benzene rings is 1. The minimum absolute atomic E-state index is 0.151. The van der Waals surface area contributed by atoms with Crippen molar-refractivity contribution >= 4 is 17.4 Å². The summed E-state index contributed by atoms with van der Waals surface area (Å²) in [5.74, 6) is -2.48. The summed E-state index contributed by atoms with van der Waals surface area (Å²) in [7, 11) is 0. The van der Waals surface area contributed by atoms with Crippen LogP contribution in [-0.4, -0.2) is 56.2 Å². The first-order valence-electron chi connectivity index (χ1n) is 11.7. The molecule has 0 unspecified atom stereocenters. The smallest absolute Gasteiger partial charge is 0.257 e. The maximum Gasteiger partial charge on any atom is 0.257 e. The second kappa shape index (κ2) is 8.89. The summed E-state index contributed by atoms with van der Waals surface area (Å²) < 4.78 is 30.4. The third-order valence-electron chi connectivity index (χ3n) is 6.99. The van der Waals surface area contributed by atoms with Gasteiger partial charge in [-0.15, -0.1) is 0 Å². The molecule has 2 aromatic heterocycles. The highest BCUT2D eigenvalue weighted by molar-refractivity contribution is 5.95. The molecule has 0 radical (unpaired) electrons. The van der Waals surface area contributed by atoms with Crippen molar-refractivity contribution in [2.75, 3.05) is 24.5 Å². The minimum Gasteiger partial charge on any atom is -0.390 e. The summed E-state index contributed by atoms with van der Waals surface area (Å²) in [4.78, 5) is 21.5. The van der Waals surface area contributed by atoms with E-state index >= 15 is 0 Å². The number of β-amino-alcohol motifs (C(OH)–C–C–N with tert-alkyl or cyclic N) is 1. The van der Waals surface area contributed by atoms with Crippen molar-refractivity contribution in [1.29, 1.82) is 5.26 Å². The molecule has 35 heavy (non-hydrogen) atoms. The fourth-order valence-corrected chi connectivity index (χ4v) is 5.04. The van der Waals surface area contributed by atoms with Crippen LogP contribution in [0, 0.1) is 42.7 Å². The highest BCUT2D eigenvalue weighted by Crippen LogP contribution is 2.33. The minimum atomic E-state index is -1.13. The van der Waals surface area contributed by atoms with Crippen LogP contribution in [0.2, 0.25) is 0 Å². The molecule has 4 heterocycles. The Labute approximate surface area is 201 Å². The average Bonchev–Trinajstić information content (AvgIpc) is 3.44. The molecule has 1 N–H and O–H groups in total. The number of anilines is 1. The number of hydrogen-bond acceptors (Lipinski definition) is 6. The van der Waals surface area contributed by atoms with E-state index in [-0.39, 0.29) is 17.2 Å². The molecule has 2 fully saturated rings. The maximum absolute atomic E-state index is 14.6. The van der Waals surface area contributed by atoms with E-state index in [9.17, 15) is 23.9 Å². The lowest BCUT2D eigenvalue weighted by Gasteiger charge is -2.34. The Balaban J connectivity index is 1.47. The molecular weight excluding hydrogens is 454 g/mol. The molecule has 5 rings (SSSR count). The number of likely N-dealkylation sites (tertiary alicyclic amines) is 1. The van der Waals surface area contributed by atoms with E-state index in [4.69, 9.17) is 4.98 Å². The number of amides is 1. The standard InChI is InChI=1S/C25H26F2N6O2/c1-14-6-7-17(23(27)22(14)26)25(35)32-8-4-3-5-19(32)18-9-21-29-24(15(2)11-33(21)30-18)31-12-16(10-28)20(34)13-31/h6-7,9,11,16,19-20,34H,3-5,8,12-13H2,1-2H3/t16-,19+,20+/m1/s1. The quantitative estimate of drug-likeness (QED) is 0.618. The third kappa shape index (κ3) is 4.00. The number of aliphatic hydroxyl groups is 1. The molecule has 0 saturated carbocycles. The van der Waals surface area contributed by atoms with Crippen LogP contribution in [0.25, 0.3) is 5.65 Å². The van der Waals surface area contributed by atoms with Gasteiger partial charge in [-0.1, -0.05) is 6.07 Å². The number of nitrogens with zero attached hydrogens (tertiary/aromatic N) is 6. The van der Waals surface area contributed by atoms with Crippen molar-refractivity contribution in [2.45, 2.75) is 45.3 Å². The highest BCUT2D eigenvalue weighted by atomic mass is 19.2. The summed E-state index contributed by atoms with van der Waals surface area (Å²) in [5, 5.41) is 24.0. The lowest BCUT2D eigenvalue weighted by molar-refractivity contribution is 0.0599. The van der Waals surface area contributed by atoms with Crippen LogP contribution < -0.4 is 4.90 Å². The van der Waals surface area contributed by atoms with Crippen LogP contribution in [0.3, 0.4) is 0 Å². The first kappa shape index (κ1) is 23.2. The van der Waals surface area contributed by atoms with Crippen LogP contribution >= 0.6 is 0 Å². The Kier molecular flexibility index (Phi) is 5.89. The Hall–Kier alpha value is -3.58. The highest BCUT2D eigenvalue weighted by Gasteiger charge is 2.34. The molecule has 0 aliphatic carbocycles. The van der Waals surface area contributed by atoms with Gasteiger partial charge in [0.2, 0.25) is 0 Å². The molecule has 1 aromatic carbocycles. The summed E-state index contributed by atoms with van der Waals surface area (Å²) >= 11 is 0. The number of aromatic nitrogens is 3. The number of piperidine rings is 1. The topological polar surface area (TPSA) is 97.8 Å². The molecule has 2 aliphatic heterocycles. The van der Waals surface area contributed by atoms with Crippen molar-refractivity contribution in [2.24, 2.45) is 5.92 Å². The third-order valence-corrected chi connectivity index (χ3v) is 6.99. The number of carbonyl (C=O) groups excluding carboxylic acids is 1. The number of rotatable bonds is 3. The lowest BCUT2D eigenvalue weighted by Crippen LogP contribution is -2.39. The van der Waals surface area contributed by atoms with Gasteiger partial charge in [0.25, 0.3) is 5.91 Å². The molecule has 3 aromatic rings. The maximum atomic E-state index is 14.6. The van der Waals surface area contributed by atoms with Gasteiger partial charge in [-0.05, 0) is 44.7 Å². The molecule has 0 spiro atoms. The van der Waals surface area contributed by atoms with Crippen LogP contribution in [0.15, 0.2) is 24.4 Å². The van der Waals surface area contributed by atoms with E-state index in [2.05, 4.69) is 11.2 Å². The molecule has 2 aliphatic rings. The van der Waals surface area contributed by atoms with E-state index in [0.717, 1.165) is 18.4 Å². The molecule has 3 atom stereocenters. The van der Waals surface area contributed by atoms with Gasteiger partial charge in [-0.25, -0.2) is 18.3 Å². The van der Waals surface area contributed by atoms with E-state index in [0.29, 0.717) is 43.2 Å². The van der Waals surface area contributed by atoms with Gasteiger partial charge < -0.3 is 14.9 Å². The van der Waals surface area contributed by atoms with Gasteiger partial charge in [-0.2, -0.15) is 10.4 Å². The molecule has 182 valence electrons. The normalized spacial score (nSPS) is 22.6. The van der Waals surface area contributed by atoms with Crippen LogP contribution in [0.4, 0.5) is 14.6 Å². The van der Waals surface area contributed by atoms with Crippen LogP contribution in [0.5, 0.6) is 0 Å². The van der Waals surface area contributed by atoms with Crippen molar-refractivity contribution in [3.05, 3.63) is 58.4 Å². The van der Waals surface area contributed by atoms with E-state index in [1.807, 2.05) is 18.0 Å². The van der Waals surface area contributed by atoms with E-state index in [1.165, 1.54) is 19.1 Å². The molecule has 10 heteroatoms. The second-order valence-electron chi connectivity index (χ2n) is 9.40. The van der Waals surface area contributed by atoms with Gasteiger partial charge >= 0.3 is 0 Å². The van der Waals surface area contributed by atoms with Gasteiger partial charge in [0.05, 0.1) is 35.4 Å². The Bertz CT molecular complexity index is 1350. The number of hydrogen-bond donors (Lipinski definition) is 1. The number of aryl methyl sites for hydroxylation is 2. The molecule has 2 saturated heterocycles. The van der Waals surface area contributed by atoms with Crippen molar-refractivity contribution in [3.8, 4) is 6.07 Å². The van der Waals surface area contributed by atoms with Crippen molar-refractivity contribution < 1.29 is 18.7 Å². The van der Waals surface area contributed by atoms with Gasteiger partial charge in [-0.3, -0.25) is 4.79 Å². The second-order valence-corrected chi connectivity index (χ2v) is 9.40. The van der Waals surface area contributed by atoms with Crippen LogP contribution in [-0.2, 0) is 0 Å². The van der Waals surface area contributed by atoms with Crippen molar-refractivity contribution in [3.63, 3.8) is 0 Å². The van der Waals surface area contributed by atoms with E-state index < -0.39 is 29.6 Å². The average molecular weight is 481 g/mol. The Morgan fingerprint density at radius 3 is 2.71 bits per heavy atom. The summed E-state index contributed by atoms with van der Waals surface area (Å²) in [5.41, 5.74) is 1.91. The number of carbonyl (C=O) groups is 1. The summed E-state index contributed by atoms with van der Waals surface area (Å²) in [6, 6.07) is 6.30. The predicted molar refractivity (Wildman–Crippen MR) is 124 cm³/mol. The summed E-state index contributed by atoms with van der Waals surface area (Å²) in [6.07, 6.45) is 3.40. The van der Waals surface area contributed by atoms with Crippen LogP contribution in [0.1, 0.15) is 52.5 Å². The van der Waals surface area contributed by atoms with Crippen molar-refractivity contribution in [1.82, 2.24) is 19.5 Å². The van der Waals surface area contributed by atoms with Gasteiger partial charge in [0.15, 0.2) is 17.3 Å². The molecule has 8 nitrogen and oxygen atoms in total. The molecular formula is C25H26F2N6O2. The fourth-order valence-electron chi connectivity index (χ4n) is 5.04. The van der Waals surface area contributed by atoms with Gasteiger partial charge in [0, 0.05) is 37.5 Å². The zero-order valence-corrected chi connectivity index (χ0v) is 19.6. The zero-order chi connectivity index (χ0) is 24.9. The first-order chi connectivity index (χ1) is 16.8. The molecule has 0 bridgehead atoms. The first-order valence-corrected chi connectivity index (χ1v) is 11.7.